The van der Waals surface area contributed by atoms with Crippen LogP contribution in [-0.4, -0.2) is 6.10 Å². The van der Waals surface area contributed by atoms with E-state index in [4.69, 9.17) is 4.74 Å². The number of hydrogen-bond donors (Lipinski definition) is 0. The van der Waals surface area contributed by atoms with Crippen LogP contribution in [0.2, 0.25) is 0 Å². The third-order valence-corrected chi connectivity index (χ3v) is 1.87. The average Bonchev–Trinajstić information content (AvgIpc) is 2.16. The van der Waals surface area contributed by atoms with Crippen molar-refractivity contribution in [1.82, 2.24) is 0 Å². The Morgan fingerprint density at radius 1 is 1.29 bits per heavy atom. The molecular weight excluding hydrogens is 178 g/mol. The van der Waals surface area contributed by atoms with E-state index < -0.39 is 0 Å². The number of rotatable bonds is 4. The highest BCUT2D eigenvalue weighted by Crippen LogP contribution is 2.21. The van der Waals surface area contributed by atoms with Gasteiger partial charge in [-0.2, -0.15) is 4.91 Å². The Labute approximate surface area is 84.1 Å². The van der Waals surface area contributed by atoms with Gasteiger partial charge in [0.1, 0.15) is 11.8 Å². The molecular formula is C11H15NO2. The van der Waals surface area contributed by atoms with E-state index in [1.807, 2.05) is 38.1 Å². The summed E-state index contributed by atoms with van der Waals surface area (Å²) in [6, 6.07) is 7.16. The van der Waals surface area contributed by atoms with Crippen molar-refractivity contribution in [2.24, 2.45) is 5.18 Å². The molecule has 0 saturated heterocycles. The fourth-order valence-corrected chi connectivity index (χ4v) is 1.18. The summed E-state index contributed by atoms with van der Waals surface area (Å²) >= 11 is 0. The SMILES string of the molecule is CC(C)Oc1cccc(C(C)N=O)c1. The maximum absolute atomic E-state index is 10.3. The minimum Gasteiger partial charge on any atom is -0.491 e. The summed E-state index contributed by atoms with van der Waals surface area (Å²) in [5.41, 5.74) is 0.887. The van der Waals surface area contributed by atoms with Gasteiger partial charge in [-0.25, -0.2) is 0 Å². The van der Waals surface area contributed by atoms with E-state index in [-0.39, 0.29) is 12.1 Å². The van der Waals surface area contributed by atoms with E-state index in [1.165, 1.54) is 0 Å². The zero-order valence-corrected chi connectivity index (χ0v) is 8.73. The van der Waals surface area contributed by atoms with Crippen molar-refractivity contribution in [3.63, 3.8) is 0 Å². The summed E-state index contributed by atoms with van der Waals surface area (Å²) in [7, 11) is 0. The van der Waals surface area contributed by atoms with Crippen molar-refractivity contribution in [2.75, 3.05) is 0 Å². The molecule has 1 unspecified atom stereocenters. The van der Waals surface area contributed by atoms with Gasteiger partial charge in [-0.05, 0) is 38.5 Å². The van der Waals surface area contributed by atoms with Crippen LogP contribution in [0, 0.1) is 4.91 Å². The molecule has 14 heavy (non-hydrogen) atoms. The predicted molar refractivity (Wildman–Crippen MR) is 56.4 cm³/mol. The summed E-state index contributed by atoms with van der Waals surface area (Å²) in [5, 5.41) is 2.97. The zero-order chi connectivity index (χ0) is 10.6. The molecule has 0 aliphatic carbocycles. The second kappa shape index (κ2) is 4.74. The predicted octanol–water partition coefficient (Wildman–Crippen LogP) is 3.30. The molecule has 0 radical (unpaired) electrons. The van der Waals surface area contributed by atoms with Crippen LogP contribution in [0.3, 0.4) is 0 Å². The molecule has 1 aromatic rings. The molecule has 0 heterocycles. The number of nitrogens with zero attached hydrogens (tertiary/aromatic N) is 1. The molecule has 0 aliphatic heterocycles. The summed E-state index contributed by atoms with van der Waals surface area (Å²) in [4.78, 5) is 10.3. The first-order valence-corrected chi connectivity index (χ1v) is 4.72. The molecule has 0 aromatic heterocycles. The second-order valence-electron chi connectivity index (χ2n) is 3.52. The molecule has 0 saturated carbocycles. The lowest BCUT2D eigenvalue weighted by atomic mass is 10.1. The maximum atomic E-state index is 10.3. The standard InChI is InChI=1S/C11H15NO2/c1-8(2)14-11-6-4-5-10(7-11)9(3)12-13/h4-9H,1-3H3. The molecule has 3 nitrogen and oxygen atoms in total. The molecule has 0 spiro atoms. The van der Waals surface area contributed by atoms with E-state index in [2.05, 4.69) is 5.18 Å². The highest BCUT2D eigenvalue weighted by atomic mass is 16.5. The molecule has 76 valence electrons. The average molecular weight is 193 g/mol. The normalized spacial score (nSPS) is 12.6. The third kappa shape index (κ3) is 2.83. The van der Waals surface area contributed by atoms with Gasteiger partial charge in [0, 0.05) is 0 Å². The number of ether oxygens (including phenoxy) is 1. The fourth-order valence-electron chi connectivity index (χ4n) is 1.18. The van der Waals surface area contributed by atoms with Crippen LogP contribution < -0.4 is 4.74 Å². The first-order valence-electron chi connectivity index (χ1n) is 4.72. The van der Waals surface area contributed by atoms with Crippen molar-refractivity contribution >= 4 is 0 Å². The van der Waals surface area contributed by atoms with Crippen molar-refractivity contribution in [3.8, 4) is 5.75 Å². The van der Waals surface area contributed by atoms with Gasteiger partial charge in [-0.15, -0.1) is 0 Å². The highest BCUT2D eigenvalue weighted by Gasteiger charge is 2.06. The van der Waals surface area contributed by atoms with E-state index >= 15 is 0 Å². The molecule has 1 aromatic carbocycles. The zero-order valence-electron chi connectivity index (χ0n) is 8.73. The minimum atomic E-state index is -0.314. The largest absolute Gasteiger partial charge is 0.491 e. The molecule has 0 aliphatic rings. The molecule has 0 N–H and O–H groups in total. The van der Waals surface area contributed by atoms with E-state index in [1.54, 1.807) is 6.92 Å². The smallest absolute Gasteiger partial charge is 0.120 e. The quantitative estimate of drug-likeness (QED) is 0.688. The first-order chi connectivity index (χ1) is 6.63. The first kappa shape index (κ1) is 10.7. The van der Waals surface area contributed by atoms with Gasteiger partial charge in [0.2, 0.25) is 0 Å². The van der Waals surface area contributed by atoms with Gasteiger partial charge in [0.05, 0.1) is 6.10 Å². The van der Waals surface area contributed by atoms with Crippen LogP contribution in [0.1, 0.15) is 32.4 Å². The monoisotopic (exact) mass is 193 g/mol. The summed E-state index contributed by atoms with van der Waals surface area (Å²) in [5.74, 6) is 0.785. The Kier molecular flexibility index (Phi) is 3.63. The number of benzene rings is 1. The van der Waals surface area contributed by atoms with E-state index in [0.717, 1.165) is 11.3 Å². The maximum Gasteiger partial charge on any atom is 0.120 e. The summed E-state index contributed by atoms with van der Waals surface area (Å²) < 4.78 is 5.51. The Morgan fingerprint density at radius 3 is 2.57 bits per heavy atom. The molecule has 0 amide bonds. The van der Waals surface area contributed by atoms with Gasteiger partial charge in [0.25, 0.3) is 0 Å². The van der Waals surface area contributed by atoms with E-state index in [9.17, 15) is 4.91 Å². The van der Waals surface area contributed by atoms with Gasteiger partial charge in [0.15, 0.2) is 0 Å². The lowest BCUT2D eigenvalue weighted by Crippen LogP contribution is -2.05. The third-order valence-electron chi connectivity index (χ3n) is 1.87. The van der Waals surface area contributed by atoms with Crippen LogP contribution in [0.5, 0.6) is 5.75 Å². The Bertz CT molecular complexity index is 310. The summed E-state index contributed by atoms with van der Waals surface area (Å²) in [6.07, 6.45) is 0.143. The fraction of sp³-hybridized carbons (Fsp3) is 0.455. The van der Waals surface area contributed by atoms with Crippen molar-refractivity contribution < 1.29 is 4.74 Å². The Hall–Kier alpha value is -1.38. The molecule has 1 atom stereocenters. The van der Waals surface area contributed by atoms with Gasteiger partial charge in [-0.1, -0.05) is 17.3 Å². The van der Waals surface area contributed by atoms with Crippen LogP contribution in [0.25, 0.3) is 0 Å². The molecule has 3 heteroatoms. The summed E-state index contributed by atoms with van der Waals surface area (Å²) in [6.45, 7) is 5.70. The Balaban J connectivity index is 2.83. The molecule has 0 fully saturated rings. The van der Waals surface area contributed by atoms with E-state index in [0.29, 0.717) is 0 Å². The minimum absolute atomic E-state index is 0.143. The van der Waals surface area contributed by atoms with Crippen LogP contribution >= 0.6 is 0 Å². The number of nitroso groups, excluding NO2 is 1. The lowest BCUT2D eigenvalue weighted by Gasteiger charge is -2.11. The van der Waals surface area contributed by atoms with Gasteiger partial charge >= 0.3 is 0 Å². The van der Waals surface area contributed by atoms with Crippen LogP contribution in [0.4, 0.5) is 0 Å². The highest BCUT2D eigenvalue weighted by molar-refractivity contribution is 5.30. The van der Waals surface area contributed by atoms with Crippen LogP contribution in [0.15, 0.2) is 29.4 Å². The molecule has 1 rings (SSSR count). The molecule has 0 bridgehead atoms. The topological polar surface area (TPSA) is 38.7 Å². The van der Waals surface area contributed by atoms with Crippen molar-refractivity contribution in [3.05, 3.63) is 34.7 Å². The Morgan fingerprint density at radius 2 is 2.00 bits per heavy atom. The lowest BCUT2D eigenvalue weighted by molar-refractivity contribution is 0.242. The second-order valence-corrected chi connectivity index (χ2v) is 3.52. The van der Waals surface area contributed by atoms with Crippen LogP contribution in [-0.2, 0) is 0 Å². The van der Waals surface area contributed by atoms with Gasteiger partial charge < -0.3 is 4.74 Å². The van der Waals surface area contributed by atoms with Crippen molar-refractivity contribution in [2.45, 2.75) is 32.9 Å². The number of hydrogen-bond acceptors (Lipinski definition) is 3. The van der Waals surface area contributed by atoms with Crippen molar-refractivity contribution in [1.29, 1.82) is 0 Å². The van der Waals surface area contributed by atoms with Gasteiger partial charge in [-0.3, -0.25) is 0 Å².